The van der Waals surface area contributed by atoms with Crippen molar-refractivity contribution in [2.24, 2.45) is 11.8 Å². The van der Waals surface area contributed by atoms with E-state index < -0.39 is 33.4 Å². The summed E-state index contributed by atoms with van der Waals surface area (Å²) < 4.78 is 9.82. The first-order chi connectivity index (χ1) is 17.7. The number of ether oxygens (including phenoxy) is 2. The number of hydrogen-bond donors (Lipinski definition) is 1. The molecule has 0 aromatic carbocycles. The van der Waals surface area contributed by atoms with Gasteiger partial charge in [-0.2, -0.15) is 0 Å². The summed E-state index contributed by atoms with van der Waals surface area (Å²) >= 11 is 1.62. The molecule has 0 saturated carbocycles. The zero-order chi connectivity index (χ0) is 26.8. The lowest BCUT2D eigenvalue weighted by Crippen LogP contribution is -2.57. The Kier molecular flexibility index (Phi) is 8.72. The van der Waals surface area contributed by atoms with Crippen LogP contribution >= 0.6 is 11.8 Å². The van der Waals surface area contributed by atoms with E-state index in [-0.39, 0.29) is 31.0 Å². The molecule has 2 unspecified atom stereocenters. The quantitative estimate of drug-likeness (QED) is 0.227. The third-order valence-electron chi connectivity index (χ3n) is 8.46. The van der Waals surface area contributed by atoms with E-state index in [1.165, 1.54) is 0 Å². The lowest BCUT2D eigenvalue weighted by Gasteiger charge is -2.39. The fourth-order valence-corrected chi connectivity index (χ4v) is 8.93. The summed E-state index contributed by atoms with van der Waals surface area (Å²) in [6.07, 6.45) is 5.33. The summed E-state index contributed by atoms with van der Waals surface area (Å²) in [7, 11) is 0. The summed E-state index contributed by atoms with van der Waals surface area (Å²) in [6.45, 7) is 15.9. The Morgan fingerprint density at radius 2 is 2.03 bits per heavy atom. The van der Waals surface area contributed by atoms with Crippen LogP contribution in [0.15, 0.2) is 25.3 Å². The second-order valence-electron chi connectivity index (χ2n) is 10.8. The fraction of sp³-hybridized carbons (Fsp3) is 0.741. The number of aliphatic hydroxyl groups is 1. The summed E-state index contributed by atoms with van der Waals surface area (Å²) in [4.78, 5) is 47.3. The zero-order valence-electron chi connectivity index (χ0n) is 22.1. The van der Waals surface area contributed by atoms with Crippen molar-refractivity contribution in [2.45, 2.75) is 54.7 Å². The first-order valence-electron chi connectivity index (χ1n) is 13.3. The van der Waals surface area contributed by atoms with Gasteiger partial charge in [0.25, 0.3) is 0 Å². The van der Waals surface area contributed by atoms with E-state index in [1.807, 2.05) is 6.92 Å². The van der Waals surface area contributed by atoms with Crippen molar-refractivity contribution in [1.29, 1.82) is 0 Å². The maximum Gasteiger partial charge on any atom is 0.311 e. The standard InChI is InChI=1S/C27H41N3O6S/c1-5-7-15-36-25(34)21-20-23(32)30(19(3)18-31)22(27(20)9-8-26(21,4)37-27)24(33)29(10-6-2)12-11-28-13-16-35-17-14-28/h5-6,19-22,31H,1-2,7-18H2,3-4H3/t19-,20+,21+,22?,26-,27?/m1/s1. The van der Waals surface area contributed by atoms with E-state index in [0.29, 0.717) is 45.7 Å². The van der Waals surface area contributed by atoms with E-state index >= 15 is 0 Å². The molecule has 6 atom stereocenters. The van der Waals surface area contributed by atoms with E-state index in [0.717, 1.165) is 19.5 Å². The lowest BCUT2D eigenvalue weighted by molar-refractivity contribution is -0.156. The van der Waals surface area contributed by atoms with Crippen molar-refractivity contribution in [3.05, 3.63) is 25.3 Å². The molecule has 2 bridgehead atoms. The third kappa shape index (κ3) is 4.97. The minimum Gasteiger partial charge on any atom is -0.465 e. The van der Waals surface area contributed by atoms with Gasteiger partial charge in [-0.3, -0.25) is 19.3 Å². The van der Waals surface area contributed by atoms with Gasteiger partial charge in [0, 0.05) is 37.5 Å². The predicted molar refractivity (Wildman–Crippen MR) is 142 cm³/mol. The number of esters is 1. The number of carbonyl (C=O) groups excluding carboxylic acids is 3. The molecule has 1 spiro atoms. The number of rotatable bonds is 12. The molecule has 4 rings (SSSR count). The molecule has 4 aliphatic rings. The number of carbonyl (C=O) groups is 3. The average molecular weight is 536 g/mol. The first kappa shape index (κ1) is 28.1. The van der Waals surface area contributed by atoms with Crippen molar-refractivity contribution >= 4 is 29.5 Å². The first-order valence-corrected chi connectivity index (χ1v) is 14.2. The maximum absolute atomic E-state index is 14.3. The minimum absolute atomic E-state index is 0.137. The maximum atomic E-state index is 14.3. The van der Waals surface area contributed by atoms with Crippen molar-refractivity contribution in [3.63, 3.8) is 0 Å². The Bertz CT molecular complexity index is 911. The Hall–Kier alpha value is -1.88. The topological polar surface area (TPSA) is 99.6 Å². The molecule has 37 heavy (non-hydrogen) atoms. The number of thioether (sulfide) groups is 1. The largest absolute Gasteiger partial charge is 0.465 e. The van der Waals surface area contributed by atoms with Crippen LogP contribution in [0, 0.1) is 11.8 Å². The number of amides is 2. The number of likely N-dealkylation sites (tertiary alicyclic amines) is 1. The van der Waals surface area contributed by atoms with Crippen LogP contribution in [0.1, 0.15) is 33.1 Å². The molecule has 0 radical (unpaired) electrons. The van der Waals surface area contributed by atoms with Crippen LogP contribution in [0.3, 0.4) is 0 Å². The minimum atomic E-state index is -0.755. The molecular weight excluding hydrogens is 494 g/mol. The molecule has 9 nitrogen and oxygen atoms in total. The van der Waals surface area contributed by atoms with Gasteiger partial charge >= 0.3 is 5.97 Å². The Morgan fingerprint density at radius 3 is 2.68 bits per heavy atom. The summed E-state index contributed by atoms with van der Waals surface area (Å²) in [5.41, 5.74) is 0. The molecule has 2 amide bonds. The number of hydrogen-bond acceptors (Lipinski definition) is 8. The normalized spacial score (nSPS) is 33.8. The summed E-state index contributed by atoms with van der Waals surface area (Å²) in [6, 6.07) is -1.30. The summed E-state index contributed by atoms with van der Waals surface area (Å²) in [5, 5.41) is 10.1. The van der Waals surface area contributed by atoms with Crippen molar-refractivity contribution in [3.8, 4) is 0 Å². The van der Waals surface area contributed by atoms with Crippen LogP contribution in [-0.4, -0.2) is 118 Å². The van der Waals surface area contributed by atoms with Crippen molar-refractivity contribution < 1.29 is 29.0 Å². The van der Waals surface area contributed by atoms with Gasteiger partial charge in [0.05, 0.1) is 49.1 Å². The van der Waals surface area contributed by atoms with E-state index in [9.17, 15) is 19.5 Å². The average Bonchev–Trinajstić information content (AvgIpc) is 3.47. The second kappa shape index (κ2) is 11.5. The van der Waals surface area contributed by atoms with Gasteiger partial charge in [-0.15, -0.1) is 24.9 Å². The zero-order valence-corrected chi connectivity index (χ0v) is 22.9. The van der Waals surface area contributed by atoms with Crippen LogP contribution in [0.25, 0.3) is 0 Å². The molecule has 4 heterocycles. The SMILES string of the molecule is C=CCCOC(=O)[C@@H]1[C@H]2C(=O)N([C@H](C)CO)C(C(=O)N(CC=C)CCN3CCOCC3)C23CC[C@@]1(C)S3. The van der Waals surface area contributed by atoms with Crippen LogP contribution in [0.4, 0.5) is 0 Å². The van der Waals surface area contributed by atoms with Crippen LogP contribution in [0.2, 0.25) is 0 Å². The second-order valence-corrected chi connectivity index (χ2v) is 12.7. The Balaban J connectivity index is 1.64. The van der Waals surface area contributed by atoms with Gasteiger partial charge < -0.3 is 24.4 Å². The van der Waals surface area contributed by atoms with Crippen LogP contribution in [0.5, 0.6) is 0 Å². The molecule has 0 aromatic rings. The van der Waals surface area contributed by atoms with Crippen LogP contribution in [-0.2, 0) is 23.9 Å². The van der Waals surface area contributed by atoms with Crippen LogP contribution < -0.4 is 0 Å². The number of morpholine rings is 1. The van der Waals surface area contributed by atoms with E-state index in [4.69, 9.17) is 9.47 Å². The summed E-state index contributed by atoms with van der Waals surface area (Å²) in [5.74, 6) is -2.03. The molecule has 4 fully saturated rings. The molecule has 1 N–H and O–H groups in total. The van der Waals surface area contributed by atoms with Crippen molar-refractivity contribution in [1.82, 2.24) is 14.7 Å². The van der Waals surface area contributed by atoms with E-state index in [2.05, 4.69) is 18.1 Å². The molecule has 4 aliphatic heterocycles. The molecule has 0 aliphatic carbocycles. The molecule has 0 aromatic heterocycles. The molecule has 4 saturated heterocycles. The van der Waals surface area contributed by atoms with Gasteiger partial charge in [-0.1, -0.05) is 12.2 Å². The van der Waals surface area contributed by atoms with Gasteiger partial charge in [0.1, 0.15) is 6.04 Å². The number of aliphatic hydroxyl groups excluding tert-OH is 1. The number of fused-ring (bicyclic) bond motifs is 1. The smallest absolute Gasteiger partial charge is 0.311 e. The van der Waals surface area contributed by atoms with Gasteiger partial charge in [-0.05, 0) is 33.1 Å². The third-order valence-corrected chi connectivity index (χ3v) is 10.4. The molecule has 10 heteroatoms. The molecular formula is C27H41N3O6S. The van der Waals surface area contributed by atoms with E-state index in [1.54, 1.807) is 40.6 Å². The lowest BCUT2D eigenvalue weighted by atomic mass is 9.66. The van der Waals surface area contributed by atoms with Gasteiger partial charge in [-0.25, -0.2) is 0 Å². The highest BCUT2D eigenvalue weighted by molar-refractivity contribution is 8.02. The molecule has 206 valence electrons. The monoisotopic (exact) mass is 535 g/mol. The predicted octanol–water partition coefficient (Wildman–Crippen LogP) is 1.31. The fourth-order valence-electron chi connectivity index (χ4n) is 6.60. The number of nitrogens with zero attached hydrogens (tertiary/aromatic N) is 3. The van der Waals surface area contributed by atoms with Gasteiger partial charge in [0.15, 0.2) is 0 Å². The van der Waals surface area contributed by atoms with Gasteiger partial charge in [0.2, 0.25) is 11.8 Å². The highest BCUT2D eigenvalue weighted by atomic mass is 32.2. The highest BCUT2D eigenvalue weighted by Crippen LogP contribution is 2.71. The highest BCUT2D eigenvalue weighted by Gasteiger charge is 2.78. The van der Waals surface area contributed by atoms with Crippen molar-refractivity contribution in [2.75, 3.05) is 59.2 Å². The Morgan fingerprint density at radius 1 is 1.30 bits per heavy atom. The Labute approximate surface area is 224 Å².